The number of anilines is 1. The molecule has 1 aromatic rings. The van der Waals surface area contributed by atoms with Crippen LogP contribution in [0.3, 0.4) is 0 Å². The van der Waals surface area contributed by atoms with Gasteiger partial charge >= 0.3 is 0 Å². The van der Waals surface area contributed by atoms with E-state index in [0.29, 0.717) is 6.61 Å². The van der Waals surface area contributed by atoms with Crippen molar-refractivity contribution in [3.63, 3.8) is 0 Å². The van der Waals surface area contributed by atoms with E-state index in [9.17, 15) is 9.59 Å². The molecule has 1 aromatic carbocycles. The first-order valence-corrected chi connectivity index (χ1v) is 8.66. The van der Waals surface area contributed by atoms with Gasteiger partial charge in [0.1, 0.15) is 5.75 Å². The van der Waals surface area contributed by atoms with Gasteiger partial charge in [0.2, 0.25) is 11.8 Å². The summed E-state index contributed by atoms with van der Waals surface area (Å²) in [6.45, 7) is 7.60. The van der Waals surface area contributed by atoms with Crippen molar-refractivity contribution in [1.29, 1.82) is 0 Å². The molecule has 0 saturated carbocycles. The number of nitrogens with one attached hydrogen (secondary N) is 1. The zero-order valence-electron chi connectivity index (χ0n) is 14.3. The molecule has 2 fully saturated rings. The average molecular weight is 331 g/mol. The largest absolute Gasteiger partial charge is 0.494 e. The number of benzene rings is 1. The number of amides is 2. The highest BCUT2D eigenvalue weighted by molar-refractivity contribution is 6.01. The number of piperazine rings is 1. The van der Waals surface area contributed by atoms with Crippen molar-refractivity contribution in [2.24, 2.45) is 5.92 Å². The maximum Gasteiger partial charge on any atom is 0.228 e. The van der Waals surface area contributed by atoms with Gasteiger partial charge in [0, 0.05) is 44.3 Å². The summed E-state index contributed by atoms with van der Waals surface area (Å²) >= 11 is 0. The minimum Gasteiger partial charge on any atom is -0.494 e. The van der Waals surface area contributed by atoms with Crippen molar-refractivity contribution >= 4 is 17.5 Å². The minimum absolute atomic E-state index is 0.0140. The van der Waals surface area contributed by atoms with Crippen molar-refractivity contribution < 1.29 is 14.3 Å². The van der Waals surface area contributed by atoms with E-state index >= 15 is 0 Å². The fourth-order valence-corrected chi connectivity index (χ4v) is 3.53. The lowest BCUT2D eigenvalue weighted by Gasteiger charge is -2.31. The van der Waals surface area contributed by atoms with Gasteiger partial charge in [0.25, 0.3) is 0 Å². The fraction of sp³-hybridized carbons (Fsp3) is 0.556. The fourth-order valence-electron chi connectivity index (χ4n) is 3.53. The van der Waals surface area contributed by atoms with Gasteiger partial charge in [-0.15, -0.1) is 0 Å². The molecule has 6 nitrogen and oxygen atoms in total. The summed E-state index contributed by atoms with van der Waals surface area (Å²) in [6, 6.07) is 7.38. The summed E-state index contributed by atoms with van der Waals surface area (Å²) < 4.78 is 5.45. The number of hydrogen-bond donors (Lipinski definition) is 1. The van der Waals surface area contributed by atoms with Gasteiger partial charge in [-0.05, 0) is 38.1 Å². The third-order valence-corrected chi connectivity index (χ3v) is 4.82. The van der Waals surface area contributed by atoms with Crippen LogP contribution in [0.1, 0.15) is 20.3 Å². The second kappa shape index (κ2) is 7.21. The Bertz CT molecular complexity index is 596. The van der Waals surface area contributed by atoms with Crippen LogP contribution in [0.5, 0.6) is 5.75 Å². The molecule has 2 saturated heterocycles. The highest BCUT2D eigenvalue weighted by atomic mass is 16.5. The highest BCUT2D eigenvalue weighted by Gasteiger charge is 2.43. The average Bonchev–Trinajstić information content (AvgIpc) is 2.91. The zero-order chi connectivity index (χ0) is 17.1. The summed E-state index contributed by atoms with van der Waals surface area (Å²) in [6.07, 6.45) is 0.289. The zero-order valence-corrected chi connectivity index (χ0v) is 14.3. The molecule has 0 radical (unpaired) electrons. The van der Waals surface area contributed by atoms with Crippen molar-refractivity contribution in [2.45, 2.75) is 26.3 Å². The summed E-state index contributed by atoms with van der Waals surface area (Å²) in [5, 5.41) is 3.25. The molecule has 3 rings (SSSR count). The number of rotatable bonds is 4. The standard InChI is InChI=1S/C18H25N3O3/c1-3-24-15-6-4-14(5-7-15)21-13(2)16(12-17(21)22)18(23)20-10-8-19-9-11-20/h4-7,13,16,19H,3,8-12H2,1-2H3. The van der Waals surface area contributed by atoms with Crippen molar-refractivity contribution in [1.82, 2.24) is 10.2 Å². The lowest BCUT2D eigenvalue weighted by Crippen LogP contribution is -2.50. The Balaban J connectivity index is 1.73. The molecule has 1 N–H and O–H groups in total. The maximum atomic E-state index is 12.8. The van der Waals surface area contributed by atoms with E-state index in [1.807, 2.05) is 43.0 Å². The van der Waals surface area contributed by atoms with Crippen LogP contribution in [0.2, 0.25) is 0 Å². The molecule has 24 heavy (non-hydrogen) atoms. The molecule has 0 bridgehead atoms. The van der Waals surface area contributed by atoms with Crippen LogP contribution in [0.4, 0.5) is 5.69 Å². The molecule has 2 aliphatic rings. The first-order chi connectivity index (χ1) is 11.6. The van der Waals surface area contributed by atoms with Gasteiger partial charge in [-0.25, -0.2) is 0 Å². The Morgan fingerprint density at radius 3 is 2.54 bits per heavy atom. The summed E-state index contributed by atoms with van der Waals surface area (Å²) in [4.78, 5) is 28.9. The lowest BCUT2D eigenvalue weighted by atomic mass is 9.99. The van der Waals surface area contributed by atoms with Crippen molar-refractivity contribution in [3.05, 3.63) is 24.3 Å². The topological polar surface area (TPSA) is 61.9 Å². The molecule has 2 unspecified atom stereocenters. The second-order valence-electron chi connectivity index (χ2n) is 6.32. The predicted octanol–water partition coefficient (Wildman–Crippen LogP) is 1.26. The SMILES string of the molecule is CCOc1ccc(N2C(=O)CC(C(=O)N3CCNCC3)C2C)cc1. The maximum absolute atomic E-state index is 12.8. The molecule has 2 aliphatic heterocycles. The molecule has 6 heteroatoms. The van der Waals surface area contributed by atoms with Crippen LogP contribution in [-0.2, 0) is 9.59 Å². The van der Waals surface area contributed by atoms with Crippen LogP contribution < -0.4 is 15.0 Å². The van der Waals surface area contributed by atoms with E-state index in [1.54, 1.807) is 4.90 Å². The number of nitrogens with zero attached hydrogens (tertiary/aromatic N) is 2. The third-order valence-electron chi connectivity index (χ3n) is 4.82. The molecule has 130 valence electrons. The van der Waals surface area contributed by atoms with Crippen LogP contribution in [0, 0.1) is 5.92 Å². The molecule has 2 atom stereocenters. The Morgan fingerprint density at radius 1 is 1.25 bits per heavy atom. The van der Waals surface area contributed by atoms with Crippen molar-refractivity contribution in [2.75, 3.05) is 37.7 Å². The Labute approximate surface area is 142 Å². The molecule has 0 aliphatic carbocycles. The smallest absolute Gasteiger partial charge is 0.228 e. The molecular formula is C18H25N3O3. The van der Waals surface area contributed by atoms with E-state index < -0.39 is 0 Å². The van der Waals surface area contributed by atoms with E-state index in [-0.39, 0.29) is 30.2 Å². The van der Waals surface area contributed by atoms with E-state index in [4.69, 9.17) is 4.74 Å². The normalized spacial score (nSPS) is 24.3. The quantitative estimate of drug-likeness (QED) is 0.902. The Kier molecular flexibility index (Phi) is 5.04. The van der Waals surface area contributed by atoms with Gasteiger partial charge in [0.05, 0.1) is 12.5 Å². The van der Waals surface area contributed by atoms with Gasteiger partial charge in [-0.3, -0.25) is 9.59 Å². The van der Waals surface area contributed by atoms with E-state index in [2.05, 4.69) is 5.32 Å². The molecular weight excluding hydrogens is 306 g/mol. The van der Waals surface area contributed by atoms with Crippen LogP contribution in [0.15, 0.2) is 24.3 Å². The van der Waals surface area contributed by atoms with Gasteiger partial charge in [-0.1, -0.05) is 0 Å². The summed E-state index contributed by atoms with van der Waals surface area (Å²) in [5.74, 6) is 0.641. The Morgan fingerprint density at radius 2 is 1.92 bits per heavy atom. The first kappa shape index (κ1) is 16.8. The third kappa shape index (κ3) is 3.24. The first-order valence-electron chi connectivity index (χ1n) is 8.66. The molecule has 0 aromatic heterocycles. The monoisotopic (exact) mass is 331 g/mol. The van der Waals surface area contributed by atoms with E-state index in [0.717, 1.165) is 37.6 Å². The Hall–Kier alpha value is -2.08. The predicted molar refractivity (Wildman–Crippen MR) is 92.1 cm³/mol. The minimum atomic E-state index is -0.262. The van der Waals surface area contributed by atoms with Crippen LogP contribution in [0.25, 0.3) is 0 Å². The van der Waals surface area contributed by atoms with Crippen molar-refractivity contribution in [3.8, 4) is 5.75 Å². The van der Waals surface area contributed by atoms with Gasteiger partial charge in [-0.2, -0.15) is 0 Å². The number of carbonyl (C=O) groups is 2. The summed E-state index contributed by atoms with van der Waals surface area (Å²) in [7, 11) is 0. The molecule has 2 amide bonds. The number of carbonyl (C=O) groups excluding carboxylic acids is 2. The van der Waals surface area contributed by atoms with Gasteiger partial charge in [0.15, 0.2) is 0 Å². The number of ether oxygens (including phenoxy) is 1. The van der Waals surface area contributed by atoms with Gasteiger partial charge < -0.3 is 19.9 Å². The highest BCUT2D eigenvalue weighted by Crippen LogP contribution is 2.33. The van der Waals surface area contributed by atoms with E-state index in [1.165, 1.54) is 0 Å². The van der Waals surface area contributed by atoms with Crippen LogP contribution in [-0.4, -0.2) is 55.5 Å². The summed E-state index contributed by atoms with van der Waals surface area (Å²) in [5.41, 5.74) is 0.826. The lowest BCUT2D eigenvalue weighted by molar-refractivity contribution is -0.136. The second-order valence-corrected chi connectivity index (χ2v) is 6.32. The van der Waals surface area contributed by atoms with Crippen LogP contribution >= 0.6 is 0 Å². The number of hydrogen-bond acceptors (Lipinski definition) is 4. The molecule has 0 spiro atoms. The molecule has 2 heterocycles.